The predicted molar refractivity (Wildman–Crippen MR) is 76.3 cm³/mol. The van der Waals surface area contributed by atoms with Crippen LogP contribution in [0.25, 0.3) is 0 Å². The van der Waals surface area contributed by atoms with Crippen molar-refractivity contribution in [2.45, 2.75) is 31.6 Å². The molecule has 1 aromatic rings. The van der Waals surface area contributed by atoms with E-state index in [1.165, 1.54) is 10.4 Å². The van der Waals surface area contributed by atoms with Gasteiger partial charge in [0.2, 0.25) is 10.0 Å². The van der Waals surface area contributed by atoms with E-state index < -0.39 is 10.0 Å². The molecule has 1 rings (SSSR count). The van der Waals surface area contributed by atoms with Crippen LogP contribution in [0.3, 0.4) is 0 Å². The van der Waals surface area contributed by atoms with Crippen molar-refractivity contribution in [2.24, 2.45) is 0 Å². The van der Waals surface area contributed by atoms with Gasteiger partial charge in [0.25, 0.3) is 0 Å². The average Bonchev–Trinajstić information content (AvgIpc) is 2.37. The Morgan fingerprint density at radius 3 is 2.53 bits per heavy atom. The van der Waals surface area contributed by atoms with Crippen LogP contribution < -0.4 is 5.73 Å². The number of sulfonamides is 1. The Bertz CT molecular complexity index is 515. The SMILES string of the molecule is CCCCN(CCO)S(=O)(=O)c1ccc(C)c(N)c1. The van der Waals surface area contributed by atoms with Crippen molar-refractivity contribution in [1.82, 2.24) is 4.31 Å². The molecule has 0 amide bonds. The van der Waals surface area contributed by atoms with E-state index in [2.05, 4.69) is 0 Å². The average molecular weight is 286 g/mol. The molecule has 108 valence electrons. The second-order valence-electron chi connectivity index (χ2n) is 4.50. The fraction of sp³-hybridized carbons (Fsp3) is 0.538. The van der Waals surface area contributed by atoms with Crippen LogP contribution in [0.4, 0.5) is 5.69 Å². The van der Waals surface area contributed by atoms with Crippen molar-refractivity contribution in [3.63, 3.8) is 0 Å². The number of rotatable bonds is 7. The highest BCUT2D eigenvalue weighted by Crippen LogP contribution is 2.21. The molecule has 0 saturated carbocycles. The van der Waals surface area contributed by atoms with Gasteiger partial charge in [0, 0.05) is 18.8 Å². The zero-order valence-corrected chi connectivity index (χ0v) is 12.3. The molecule has 3 N–H and O–H groups in total. The molecule has 0 heterocycles. The summed E-state index contributed by atoms with van der Waals surface area (Å²) < 4.78 is 26.2. The summed E-state index contributed by atoms with van der Waals surface area (Å²) in [6.45, 7) is 4.15. The van der Waals surface area contributed by atoms with Crippen LogP contribution >= 0.6 is 0 Å². The number of nitrogens with two attached hydrogens (primary N) is 1. The van der Waals surface area contributed by atoms with Crippen LogP contribution in [0.15, 0.2) is 23.1 Å². The number of aryl methyl sites for hydroxylation is 1. The van der Waals surface area contributed by atoms with E-state index in [1.807, 2.05) is 13.8 Å². The lowest BCUT2D eigenvalue weighted by molar-refractivity contribution is 0.252. The maximum absolute atomic E-state index is 12.5. The van der Waals surface area contributed by atoms with Crippen molar-refractivity contribution in [1.29, 1.82) is 0 Å². The molecule has 0 bridgehead atoms. The Hall–Kier alpha value is -1.11. The lowest BCUT2D eigenvalue weighted by Crippen LogP contribution is -2.34. The maximum Gasteiger partial charge on any atom is 0.243 e. The molecule has 0 aliphatic rings. The highest BCUT2D eigenvalue weighted by molar-refractivity contribution is 7.89. The van der Waals surface area contributed by atoms with Crippen molar-refractivity contribution in [3.8, 4) is 0 Å². The highest BCUT2D eigenvalue weighted by atomic mass is 32.2. The lowest BCUT2D eigenvalue weighted by atomic mass is 10.2. The third-order valence-corrected chi connectivity index (χ3v) is 4.89. The van der Waals surface area contributed by atoms with Crippen LogP contribution in [0.1, 0.15) is 25.3 Å². The van der Waals surface area contributed by atoms with Gasteiger partial charge < -0.3 is 10.8 Å². The highest BCUT2D eigenvalue weighted by Gasteiger charge is 2.23. The number of hydrogen-bond donors (Lipinski definition) is 2. The van der Waals surface area contributed by atoms with Crippen molar-refractivity contribution in [3.05, 3.63) is 23.8 Å². The topological polar surface area (TPSA) is 83.6 Å². The minimum atomic E-state index is -3.58. The molecule has 0 aliphatic carbocycles. The first-order chi connectivity index (χ1) is 8.93. The predicted octanol–water partition coefficient (Wildman–Crippen LogP) is 1.36. The quantitative estimate of drug-likeness (QED) is 0.741. The maximum atomic E-state index is 12.5. The van der Waals surface area contributed by atoms with Gasteiger partial charge in [-0.2, -0.15) is 4.31 Å². The largest absolute Gasteiger partial charge is 0.398 e. The Balaban J connectivity index is 3.07. The number of benzene rings is 1. The van der Waals surface area contributed by atoms with E-state index >= 15 is 0 Å². The van der Waals surface area contributed by atoms with Crippen molar-refractivity contribution in [2.75, 3.05) is 25.4 Å². The molecule has 1 aromatic carbocycles. The summed E-state index contributed by atoms with van der Waals surface area (Å²) >= 11 is 0. The number of nitrogens with zero attached hydrogens (tertiary/aromatic N) is 1. The number of nitrogen functional groups attached to an aromatic ring is 1. The summed E-state index contributed by atoms with van der Waals surface area (Å²) in [4.78, 5) is 0.181. The minimum Gasteiger partial charge on any atom is -0.398 e. The molecule has 6 heteroatoms. The summed E-state index contributed by atoms with van der Waals surface area (Å²) in [5.74, 6) is 0. The lowest BCUT2D eigenvalue weighted by Gasteiger charge is -2.21. The zero-order chi connectivity index (χ0) is 14.5. The number of aliphatic hydroxyl groups excluding tert-OH is 1. The zero-order valence-electron chi connectivity index (χ0n) is 11.5. The van der Waals surface area contributed by atoms with Gasteiger partial charge in [0.1, 0.15) is 0 Å². The Morgan fingerprint density at radius 2 is 2.00 bits per heavy atom. The molecule has 0 aliphatic heterocycles. The summed E-state index contributed by atoms with van der Waals surface area (Å²) in [5, 5.41) is 9.01. The van der Waals surface area contributed by atoms with E-state index in [4.69, 9.17) is 10.8 Å². The summed E-state index contributed by atoms with van der Waals surface area (Å²) in [5.41, 5.74) is 7.07. The molecular weight excluding hydrogens is 264 g/mol. The van der Waals surface area contributed by atoms with Gasteiger partial charge in [0.15, 0.2) is 0 Å². The molecule has 19 heavy (non-hydrogen) atoms. The third kappa shape index (κ3) is 3.92. The molecule has 0 atom stereocenters. The molecule has 0 radical (unpaired) electrons. The van der Waals surface area contributed by atoms with Gasteiger partial charge in [-0.1, -0.05) is 19.4 Å². The third-order valence-electron chi connectivity index (χ3n) is 3.00. The van der Waals surface area contributed by atoms with E-state index in [9.17, 15) is 8.42 Å². The Labute approximate surface area is 115 Å². The number of aliphatic hydroxyl groups is 1. The van der Waals surface area contributed by atoms with E-state index in [0.717, 1.165) is 18.4 Å². The fourth-order valence-electron chi connectivity index (χ4n) is 1.73. The molecule has 0 saturated heterocycles. The van der Waals surface area contributed by atoms with Gasteiger partial charge >= 0.3 is 0 Å². The van der Waals surface area contributed by atoms with Crippen molar-refractivity contribution >= 4 is 15.7 Å². The van der Waals surface area contributed by atoms with Gasteiger partial charge in [-0.05, 0) is 31.0 Å². The Morgan fingerprint density at radius 1 is 1.32 bits per heavy atom. The van der Waals surface area contributed by atoms with Gasteiger partial charge in [0.05, 0.1) is 11.5 Å². The second-order valence-corrected chi connectivity index (χ2v) is 6.44. The van der Waals surface area contributed by atoms with E-state index in [-0.39, 0.29) is 18.0 Å². The first kappa shape index (κ1) is 15.9. The molecule has 0 aromatic heterocycles. The van der Waals surface area contributed by atoms with Gasteiger partial charge in [-0.15, -0.1) is 0 Å². The molecule has 0 fully saturated rings. The molecular formula is C13H22N2O3S. The number of unbranched alkanes of at least 4 members (excludes halogenated alkanes) is 1. The monoisotopic (exact) mass is 286 g/mol. The van der Waals surface area contributed by atoms with E-state index in [0.29, 0.717) is 12.2 Å². The summed E-state index contributed by atoms with van der Waals surface area (Å²) in [7, 11) is -3.58. The summed E-state index contributed by atoms with van der Waals surface area (Å²) in [6, 6.07) is 4.72. The van der Waals surface area contributed by atoms with Crippen LogP contribution in [0, 0.1) is 6.92 Å². The van der Waals surface area contributed by atoms with Crippen LogP contribution in [-0.4, -0.2) is 37.5 Å². The fourth-order valence-corrected chi connectivity index (χ4v) is 3.23. The van der Waals surface area contributed by atoms with E-state index in [1.54, 1.807) is 12.1 Å². The standard InChI is InChI=1S/C13H22N2O3S/c1-3-4-7-15(8-9-16)19(17,18)12-6-5-11(2)13(14)10-12/h5-6,10,16H,3-4,7-9,14H2,1-2H3. The molecule has 5 nitrogen and oxygen atoms in total. The first-order valence-corrected chi connectivity index (χ1v) is 7.84. The van der Waals surface area contributed by atoms with Crippen LogP contribution in [0.5, 0.6) is 0 Å². The Kier molecular flexibility index (Phi) is 5.78. The minimum absolute atomic E-state index is 0.107. The number of hydrogen-bond acceptors (Lipinski definition) is 4. The molecule has 0 unspecified atom stereocenters. The van der Waals surface area contributed by atoms with Gasteiger partial charge in [-0.25, -0.2) is 8.42 Å². The number of anilines is 1. The first-order valence-electron chi connectivity index (χ1n) is 6.40. The van der Waals surface area contributed by atoms with Crippen molar-refractivity contribution < 1.29 is 13.5 Å². The van der Waals surface area contributed by atoms with Gasteiger partial charge in [-0.3, -0.25) is 0 Å². The second kappa shape index (κ2) is 6.88. The molecule has 0 spiro atoms. The summed E-state index contributed by atoms with van der Waals surface area (Å²) in [6.07, 6.45) is 1.66. The van der Waals surface area contributed by atoms with Crippen LogP contribution in [0.2, 0.25) is 0 Å². The normalized spacial score (nSPS) is 12.0. The smallest absolute Gasteiger partial charge is 0.243 e. The van der Waals surface area contributed by atoms with Crippen LogP contribution in [-0.2, 0) is 10.0 Å².